The molecule has 0 spiro atoms. The Labute approximate surface area is 387 Å². The SMILES string of the molecule is N#Cc1cccc(-c2cc(-n3c4ccccc4c4cc(-c5ccc(C(F)(F)F)cc5C(F)(F)F)ccc43)c(C#N)cc2-n2c3ccccc3c3cc(-c4ccc(C(F)(F)F)cc4C(F)(F)F)ccc32)c1. The van der Waals surface area contributed by atoms with E-state index in [-0.39, 0.29) is 40.1 Å². The molecule has 0 aliphatic rings. The molecule has 0 fully saturated rings. The van der Waals surface area contributed by atoms with Gasteiger partial charge in [0.1, 0.15) is 6.07 Å². The Kier molecular flexibility index (Phi) is 10.4. The van der Waals surface area contributed by atoms with Crippen LogP contribution in [0.25, 0.3) is 88.4 Å². The van der Waals surface area contributed by atoms with Crippen LogP contribution < -0.4 is 0 Å². The fourth-order valence-electron chi connectivity index (χ4n) is 9.24. The third-order valence-corrected chi connectivity index (χ3v) is 12.3. The minimum Gasteiger partial charge on any atom is -0.309 e. The average molecular weight is 959 g/mol. The van der Waals surface area contributed by atoms with Crippen molar-refractivity contribution >= 4 is 43.6 Å². The zero-order valence-electron chi connectivity index (χ0n) is 35.3. The lowest BCUT2D eigenvalue weighted by molar-refractivity contribution is -0.144. The van der Waals surface area contributed by atoms with Crippen LogP contribution in [0.1, 0.15) is 33.4 Å². The van der Waals surface area contributed by atoms with Crippen molar-refractivity contribution in [3.8, 4) is 56.9 Å². The first-order valence-electron chi connectivity index (χ1n) is 20.9. The number of alkyl halides is 12. The number of fused-ring (bicyclic) bond motifs is 6. The smallest absolute Gasteiger partial charge is 0.309 e. The quantitative estimate of drug-likeness (QED) is 0.161. The van der Waals surface area contributed by atoms with E-state index in [1.807, 2.05) is 0 Å². The molecule has 2 heterocycles. The van der Waals surface area contributed by atoms with Crippen molar-refractivity contribution < 1.29 is 52.7 Å². The highest BCUT2D eigenvalue weighted by molar-refractivity contribution is 6.12. The molecule has 0 radical (unpaired) electrons. The number of hydrogen-bond donors (Lipinski definition) is 0. The van der Waals surface area contributed by atoms with Gasteiger partial charge in [-0.25, -0.2) is 0 Å². The van der Waals surface area contributed by atoms with Gasteiger partial charge < -0.3 is 9.13 Å². The second-order valence-electron chi connectivity index (χ2n) is 16.4. The van der Waals surface area contributed by atoms with E-state index in [2.05, 4.69) is 12.1 Å². The molecule has 10 aromatic rings. The largest absolute Gasteiger partial charge is 0.417 e. The van der Waals surface area contributed by atoms with Gasteiger partial charge in [-0.2, -0.15) is 63.2 Å². The van der Waals surface area contributed by atoms with E-state index in [1.54, 1.807) is 94.1 Å². The molecule has 0 bridgehead atoms. The Bertz CT molecular complexity index is 3870. The minimum atomic E-state index is -5.15. The summed E-state index contributed by atoms with van der Waals surface area (Å²) in [5, 5.41) is 22.9. The molecule has 0 aliphatic carbocycles. The highest BCUT2D eigenvalue weighted by Gasteiger charge is 2.40. The average Bonchev–Trinajstić information content (AvgIpc) is 3.84. The van der Waals surface area contributed by atoms with Crippen molar-refractivity contribution in [1.82, 2.24) is 9.13 Å². The molecule has 2 aromatic heterocycles. The Morgan fingerprint density at radius 2 is 0.800 bits per heavy atom. The molecule has 70 heavy (non-hydrogen) atoms. The van der Waals surface area contributed by atoms with Crippen molar-refractivity contribution in [2.75, 3.05) is 0 Å². The van der Waals surface area contributed by atoms with Crippen molar-refractivity contribution in [3.05, 3.63) is 191 Å². The van der Waals surface area contributed by atoms with Gasteiger partial charge in [-0.05, 0) is 113 Å². The van der Waals surface area contributed by atoms with Gasteiger partial charge in [0.25, 0.3) is 0 Å². The predicted octanol–water partition coefficient (Wildman–Crippen LogP) is 16.7. The van der Waals surface area contributed by atoms with Gasteiger partial charge >= 0.3 is 24.7 Å². The topological polar surface area (TPSA) is 57.4 Å². The number of nitrogens with zero attached hydrogens (tertiary/aromatic N) is 4. The van der Waals surface area contributed by atoms with E-state index in [1.165, 1.54) is 36.4 Å². The maximum atomic E-state index is 14.4. The maximum Gasteiger partial charge on any atom is 0.417 e. The van der Waals surface area contributed by atoms with Crippen LogP contribution in [-0.4, -0.2) is 9.13 Å². The Morgan fingerprint density at radius 3 is 1.26 bits per heavy atom. The van der Waals surface area contributed by atoms with Gasteiger partial charge in [0.2, 0.25) is 0 Å². The van der Waals surface area contributed by atoms with E-state index >= 15 is 0 Å². The van der Waals surface area contributed by atoms with Crippen molar-refractivity contribution in [2.45, 2.75) is 24.7 Å². The summed E-state index contributed by atoms with van der Waals surface area (Å²) in [4.78, 5) is 0. The monoisotopic (exact) mass is 958 g/mol. The number of hydrogen-bond acceptors (Lipinski definition) is 2. The molecule has 16 heteroatoms. The summed E-state index contributed by atoms with van der Waals surface area (Å²) in [6.07, 6.45) is -20.4. The number of benzene rings is 8. The summed E-state index contributed by atoms with van der Waals surface area (Å²) in [7, 11) is 0. The Hall–Kier alpha value is -8.50. The van der Waals surface area contributed by atoms with Crippen LogP contribution in [0.2, 0.25) is 0 Å². The van der Waals surface area contributed by atoms with Crippen molar-refractivity contribution in [2.24, 2.45) is 0 Å². The summed E-state index contributed by atoms with van der Waals surface area (Å²) >= 11 is 0. The lowest BCUT2D eigenvalue weighted by Gasteiger charge is -2.19. The first kappa shape index (κ1) is 45.3. The molecule has 346 valence electrons. The molecule has 0 aliphatic heterocycles. The minimum absolute atomic E-state index is 0.0195. The van der Waals surface area contributed by atoms with Crippen LogP contribution in [0.3, 0.4) is 0 Å². The summed E-state index contributed by atoms with van der Waals surface area (Å²) < 4.78 is 172. The second kappa shape index (κ2) is 16.1. The molecule has 0 N–H and O–H groups in total. The van der Waals surface area contributed by atoms with Crippen LogP contribution in [0, 0.1) is 22.7 Å². The maximum absolute atomic E-state index is 14.4. The van der Waals surface area contributed by atoms with E-state index in [0.29, 0.717) is 72.6 Å². The first-order chi connectivity index (χ1) is 33.1. The summed E-state index contributed by atoms with van der Waals surface area (Å²) in [5.74, 6) is 0. The molecule has 8 aromatic carbocycles. The summed E-state index contributed by atoms with van der Waals surface area (Å²) in [6, 6.07) is 39.5. The molecule has 0 saturated carbocycles. The van der Waals surface area contributed by atoms with Gasteiger partial charge in [0, 0.05) is 27.1 Å². The Balaban J connectivity index is 1.22. The van der Waals surface area contributed by atoms with E-state index in [4.69, 9.17) is 0 Å². The third kappa shape index (κ3) is 7.62. The molecular formula is C54H26F12N4. The fraction of sp³-hybridized carbons (Fsp3) is 0.0741. The van der Waals surface area contributed by atoms with Gasteiger partial charge in [0.05, 0.1) is 72.9 Å². The highest BCUT2D eigenvalue weighted by atomic mass is 19.4. The molecular weight excluding hydrogens is 933 g/mol. The number of halogens is 12. The van der Waals surface area contributed by atoms with Gasteiger partial charge in [-0.15, -0.1) is 0 Å². The van der Waals surface area contributed by atoms with E-state index in [9.17, 15) is 63.2 Å². The fourth-order valence-corrected chi connectivity index (χ4v) is 9.24. The standard InChI is InChI=1S/C54H26F12N4/c55-51(56,57)34-14-16-36(43(24-34)53(61,62)63)31-12-18-47-41(21-31)38-8-1-3-10-45(38)69(47)49-26-40(30-7-5-6-29(20-30)27-67)50(23-33(49)28-68)70-46-11-4-2-9-39(46)42-22-32(13-19-48(42)70)37-17-15-35(52(58,59)60)25-44(37)54(64,65)66/h1-26H. The number of para-hydroxylation sites is 2. The number of nitriles is 2. The lowest BCUT2D eigenvalue weighted by Crippen LogP contribution is -2.12. The zero-order chi connectivity index (χ0) is 49.7. The van der Waals surface area contributed by atoms with Crippen LogP contribution in [-0.2, 0) is 24.7 Å². The summed E-state index contributed by atoms with van der Waals surface area (Å²) in [5.41, 5.74) is -3.07. The van der Waals surface area contributed by atoms with E-state index < -0.39 is 58.1 Å². The third-order valence-electron chi connectivity index (χ3n) is 12.3. The first-order valence-corrected chi connectivity index (χ1v) is 20.9. The van der Waals surface area contributed by atoms with Crippen LogP contribution in [0.15, 0.2) is 158 Å². The second-order valence-corrected chi connectivity index (χ2v) is 16.4. The molecule has 0 amide bonds. The highest BCUT2D eigenvalue weighted by Crippen LogP contribution is 2.47. The van der Waals surface area contributed by atoms with Crippen LogP contribution in [0.4, 0.5) is 52.7 Å². The van der Waals surface area contributed by atoms with Crippen molar-refractivity contribution in [3.63, 3.8) is 0 Å². The van der Waals surface area contributed by atoms with Crippen molar-refractivity contribution in [1.29, 1.82) is 10.5 Å². The summed E-state index contributed by atoms with van der Waals surface area (Å²) in [6.45, 7) is 0. The zero-order valence-corrected chi connectivity index (χ0v) is 35.3. The predicted molar refractivity (Wildman–Crippen MR) is 241 cm³/mol. The van der Waals surface area contributed by atoms with Gasteiger partial charge in [0.15, 0.2) is 0 Å². The lowest BCUT2D eigenvalue weighted by atomic mass is 9.95. The molecule has 4 nitrogen and oxygen atoms in total. The normalized spacial score (nSPS) is 12.5. The number of aromatic nitrogens is 2. The molecule has 0 atom stereocenters. The van der Waals surface area contributed by atoms with Crippen LogP contribution >= 0.6 is 0 Å². The van der Waals surface area contributed by atoms with Gasteiger partial charge in [-0.3, -0.25) is 0 Å². The van der Waals surface area contributed by atoms with Crippen LogP contribution in [0.5, 0.6) is 0 Å². The molecule has 0 unspecified atom stereocenters. The van der Waals surface area contributed by atoms with Gasteiger partial charge in [-0.1, -0.05) is 72.8 Å². The Morgan fingerprint density at radius 1 is 0.343 bits per heavy atom. The van der Waals surface area contributed by atoms with E-state index in [0.717, 1.165) is 12.1 Å². The number of rotatable bonds is 5. The molecule has 0 saturated heterocycles. The molecule has 10 rings (SSSR count).